The number of carbonyl (C=O) groups excluding carboxylic acids is 1. The van der Waals surface area contributed by atoms with Gasteiger partial charge in [-0.2, -0.15) is 0 Å². The average Bonchev–Trinajstić information content (AvgIpc) is 3.11. The highest BCUT2D eigenvalue weighted by Gasteiger charge is 2.31. The first kappa shape index (κ1) is 19.6. The molecule has 0 unspecified atom stereocenters. The predicted molar refractivity (Wildman–Crippen MR) is 109 cm³/mol. The summed E-state index contributed by atoms with van der Waals surface area (Å²) in [6, 6.07) is 11.3. The number of pyridine rings is 1. The van der Waals surface area contributed by atoms with Crippen molar-refractivity contribution in [3.8, 4) is 5.06 Å². The Bertz CT molecular complexity index is 1040. The van der Waals surface area contributed by atoms with Crippen LogP contribution in [0.25, 0.3) is 0 Å². The summed E-state index contributed by atoms with van der Waals surface area (Å²) in [7, 11) is 0. The number of nitrogens with zero attached hydrogens (tertiary/aromatic N) is 2. The number of esters is 1. The van der Waals surface area contributed by atoms with E-state index in [4.69, 9.17) is 16.3 Å². The van der Waals surface area contributed by atoms with Gasteiger partial charge in [0, 0.05) is 35.4 Å². The number of aromatic nitrogens is 1. The first-order valence-corrected chi connectivity index (χ1v) is 10.2. The lowest BCUT2D eigenvalue weighted by atomic mass is 10.0. The Labute approximate surface area is 176 Å². The molecule has 6 nitrogen and oxygen atoms in total. The number of halogens is 1. The van der Waals surface area contributed by atoms with Gasteiger partial charge in [0.15, 0.2) is 5.06 Å². The Balaban J connectivity index is 1.51. The van der Waals surface area contributed by atoms with Gasteiger partial charge in [-0.15, -0.1) is 11.3 Å². The lowest BCUT2D eigenvalue weighted by Gasteiger charge is -2.32. The maximum atomic E-state index is 12.2. The molecule has 1 atom stereocenters. The van der Waals surface area contributed by atoms with Gasteiger partial charge in [-0.1, -0.05) is 23.7 Å². The predicted octanol–water partition coefficient (Wildman–Crippen LogP) is 4.20. The molecule has 0 fully saturated rings. The number of carboxylic acids is 1. The molecule has 4 rings (SSSR count). The van der Waals surface area contributed by atoms with Gasteiger partial charge in [-0.25, -0.2) is 4.79 Å². The molecular formula is C21H17ClN2O4S. The van der Waals surface area contributed by atoms with Gasteiger partial charge >= 0.3 is 11.9 Å². The van der Waals surface area contributed by atoms with Crippen LogP contribution in [0.2, 0.25) is 5.02 Å². The van der Waals surface area contributed by atoms with Gasteiger partial charge in [-0.05, 0) is 47.9 Å². The van der Waals surface area contributed by atoms with Gasteiger partial charge in [0.2, 0.25) is 0 Å². The van der Waals surface area contributed by atoms with E-state index in [9.17, 15) is 14.7 Å². The maximum Gasteiger partial charge on any atom is 0.345 e. The zero-order valence-corrected chi connectivity index (χ0v) is 16.8. The molecule has 0 aliphatic carbocycles. The van der Waals surface area contributed by atoms with Crippen LogP contribution in [-0.2, 0) is 17.8 Å². The molecular weight excluding hydrogens is 412 g/mol. The molecule has 1 N–H and O–H groups in total. The number of carboxylic acid groups (broad SMARTS) is 1. The third-order valence-electron chi connectivity index (χ3n) is 4.75. The number of hydrogen-bond donors (Lipinski definition) is 1. The highest BCUT2D eigenvalue weighted by Crippen LogP contribution is 2.36. The van der Waals surface area contributed by atoms with Crippen LogP contribution in [0.4, 0.5) is 0 Å². The van der Waals surface area contributed by atoms with Gasteiger partial charge in [0.25, 0.3) is 0 Å². The number of rotatable bonds is 5. The Morgan fingerprint density at radius 3 is 2.72 bits per heavy atom. The lowest BCUT2D eigenvalue weighted by Crippen LogP contribution is -2.37. The fourth-order valence-corrected chi connectivity index (χ4v) is 4.52. The molecule has 0 saturated carbocycles. The van der Waals surface area contributed by atoms with Crippen LogP contribution in [0.3, 0.4) is 0 Å². The van der Waals surface area contributed by atoms with E-state index in [0.717, 1.165) is 10.4 Å². The maximum absolute atomic E-state index is 12.2. The molecule has 0 bridgehead atoms. The number of benzene rings is 1. The van der Waals surface area contributed by atoms with Crippen molar-refractivity contribution in [2.45, 2.75) is 19.0 Å². The zero-order valence-electron chi connectivity index (χ0n) is 15.2. The summed E-state index contributed by atoms with van der Waals surface area (Å²) in [4.78, 5) is 31.1. The van der Waals surface area contributed by atoms with Crippen molar-refractivity contribution < 1.29 is 19.4 Å². The molecule has 2 aromatic heterocycles. The normalized spacial score (nSPS) is 14.8. The smallest absolute Gasteiger partial charge is 0.345 e. The van der Waals surface area contributed by atoms with E-state index in [2.05, 4.69) is 4.98 Å². The second-order valence-electron chi connectivity index (χ2n) is 6.66. The van der Waals surface area contributed by atoms with Crippen molar-refractivity contribution in [2.24, 2.45) is 0 Å². The van der Waals surface area contributed by atoms with Crippen molar-refractivity contribution in [2.75, 3.05) is 6.54 Å². The average molecular weight is 429 g/mol. The van der Waals surface area contributed by atoms with Gasteiger partial charge in [0.1, 0.15) is 6.04 Å². The summed E-state index contributed by atoms with van der Waals surface area (Å²) in [5.74, 6) is -1.37. The summed E-state index contributed by atoms with van der Waals surface area (Å²) in [5, 5.41) is 10.9. The van der Waals surface area contributed by atoms with E-state index in [-0.39, 0.29) is 0 Å². The zero-order chi connectivity index (χ0) is 20.4. The molecule has 0 radical (unpaired) electrons. The summed E-state index contributed by atoms with van der Waals surface area (Å²) < 4.78 is 5.48. The molecule has 29 heavy (non-hydrogen) atoms. The Morgan fingerprint density at radius 2 is 2.03 bits per heavy atom. The van der Waals surface area contributed by atoms with E-state index >= 15 is 0 Å². The number of aliphatic carboxylic acids is 1. The fourth-order valence-electron chi connectivity index (χ4n) is 3.39. The number of ether oxygens (including phenoxy) is 1. The highest BCUT2D eigenvalue weighted by molar-refractivity contribution is 7.14. The molecule has 3 aromatic rings. The van der Waals surface area contributed by atoms with E-state index in [1.165, 1.54) is 17.5 Å². The van der Waals surface area contributed by atoms with E-state index in [0.29, 0.717) is 40.7 Å². The molecule has 0 amide bonds. The van der Waals surface area contributed by atoms with E-state index in [1.807, 2.05) is 11.0 Å². The molecule has 1 aliphatic heterocycles. The Morgan fingerprint density at radius 1 is 1.24 bits per heavy atom. The first-order chi connectivity index (χ1) is 14.0. The highest BCUT2D eigenvalue weighted by atomic mass is 35.5. The van der Waals surface area contributed by atoms with Crippen LogP contribution in [0.1, 0.15) is 32.4 Å². The quantitative estimate of drug-likeness (QED) is 0.613. The summed E-state index contributed by atoms with van der Waals surface area (Å²) >= 11 is 7.36. The van der Waals surface area contributed by atoms with Crippen LogP contribution < -0.4 is 4.74 Å². The number of fused-ring (bicyclic) bond motifs is 1. The molecule has 1 aromatic carbocycles. The topological polar surface area (TPSA) is 79.7 Å². The summed E-state index contributed by atoms with van der Waals surface area (Å²) in [6.07, 6.45) is 3.75. The summed E-state index contributed by atoms with van der Waals surface area (Å²) in [5.41, 5.74) is 2.05. The van der Waals surface area contributed by atoms with Crippen LogP contribution >= 0.6 is 22.9 Å². The van der Waals surface area contributed by atoms with E-state index in [1.54, 1.807) is 42.6 Å². The molecule has 8 heteroatoms. The first-order valence-electron chi connectivity index (χ1n) is 8.97. The number of hydrogen-bond acceptors (Lipinski definition) is 6. The minimum atomic E-state index is -0.908. The second kappa shape index (κ2) is 8.32. The second-order valence-corrected chi connectivity index (χ2v) is 8.19. The van der Waals surface area contributed by atoms with Gasteiger partial charge in [0.05, 0.1) is 5.56 Å². The Kier molecular flexibility index (Phi) is 5.62. The lowest BCUT2D eigenvalue weighted by molar-refractivity contribution is -0.144. The van der Waals surface area contributed by atoms with Gasteiger partial charge < -0.3 is 9.84 Å². The largest absolute Gasteiger partial charge is 0.480 e. The third-order valence-corrected chi connectivity index (χ3v) is 6.12. The van der Waals surface area contributed by atoms with Crippen LogP contribution in [0.15, 0.2) is 54.9 Å². The van der Waals surface area contributed by atoms with Crippen LogP contribution in [0, 0.1) is 0 Å². The molecule has 3 heterocycles. The van der Waals surface area contributed by atoms with Crippen molar-refractivity contribution in [1.82, 2.24) is 9.88 Å². The van der Waals surface area contributed by atoms with Crippen molar-refractivity contribution >= 4 is 34.9 Å². The molecule has 0 spiro atoms. The number of thiophene rings is 1. The fraction of sp³-hybridized carbons (Fsp3) is 0.190. The monoisotopic (exact) mass is 428 g/mol. The van der Waals surface area contributed by atoms with Gasteiger partial charge in [-0.3, -0.25) is 14.7 Å². The standard InChI is InChI=1S/C21H17ClN2O4S/c22-16-5-3-13(4-6-16)19(20(25)26)24-9-7-17-15(12-24)10-18(29-17)28-21(27)14-2-1-8-23-11-14/h1-6,8,10-11,19H,7,9,12H2,(H,25,26)/t19-/m0/s1. The third kappa shape index (κ3) is 4.32. The molecule has 0 saturated heterocycles. The van der Waals surface area contributed by atoms with Crippen molar-refractivity contribution in [1.29, 1.82) is 0 Å². The van der Waals surface area contributed by atoms with Crippen LogP contribution in [0.5, 0.6) is 5.06 Å². The van der Waals surface area contributed by atoms with Crippen molar-refractivity contribution in [3.63, 3.8) is 0 Å². The van der Waals surface area contributed by atoms with Crippen molar-refractivity contribution in [3.05, 3.63) is 81.4 Å². The minimum Gasteiger partial charge on any atom is -0.480 e. The SMILES string of the molecule is O=C(Oc1cc2c(s1)CCN([C@H](C(=O)O)c1ccc(Cl)cc1)C2)c1cccnc1. The molecule has 148 valence electrons. The summed E-state index contributed by atoms with van der Waals surface area (Å²) in [6.45, 7) is 1.07. The number of carbonyl (C=O) groups is 2. The minimum absolute atomic E-state index is 0.383. The van der Waals surface area contributed by atoms with E-state index < -0.39 is 18.0 Å². The van der Waals surface area contributed by atoms with Crippen LogP contribution in [-0.4, -0.2) is 33.5 Å². The molecule has 1 aliphatic rings. The Hall–Kier alpha value is -2.74.